The van der Waals surface area contributed by atoms with Crippen LogP contribution in [-0.2, 0) is 11.2 Å². The molecule has 23 heavy (non-hydrogen) atoms. The maximum Gasteiger partial charge on any atom is 0.238 e. The summed E-state index contributed by atoms with van der Waals surface area (Å²) in [6, 6.07) is 20.4. The molecule has 0 radical (unpaired) electrons. The number of rotatable bonds is 5. The predicted molar refractivity (Wildman–Crippen MR) is 94.4 cm³/mol. The van der Waals surface area contributed by atoms with Gasteiger partial charge in [0, 0.05) is 5.69 Å². The van der Waals surface area contributed by atoms with Crippen LogP contribution in [0.25, 0.3) is 0 Å². The second-order valence-corrected chi connectivity index (χ2v) is 6.32. The minimum atomic E-state index is 0.0812. The zero-order valence-corrected chi connectivity index (χ0v) is 13.4. The molecule has 0 spiro atoms. The maximum absolute atomic E-state index is 12.1. The summed E-state index contributed by atoms with van der Waals surface area (Å²) in [7, 11) is 0. The second-order valence-electron chi connectivity index (χ2n) is 6.32. The van der Waals surface area contributed by atoms with E-state index in [1.807, 2.05) is 30.3 Å². The molecule has 1 heterocycles. The van der Waals surface area contributed by atoms with E-state index >= 15 is 0 Å². The molecule has 3 heteroatoms. The summed E-state index contributed by atoms with van der Waals surface area (Å²) in [6.07, 6.45) is 3.51. The van der Waals surface area contributed by atoms with Crippen molar-refractivity contribution in [2.45, 2.75) is 19.3 Å². The fourth-order valence-corrected chi connectivity index (χ4v) is 3.22. The van der Waals surface area contributed by atoms with Gasteiger partial charge in [0.1, 0.15) is 0 Å². The smallest absolute Gasteiger partial charge is 0.238 e. The Hall–Kier alpha value is -2.13. The molecule has 2 aromatic carbocycles. The topological polar surface area (TPSA) is 32.3 Å². The van der Waals surface area contributed by atoms with Crippen LogP contribution in [0.5, 0.6) is 0 Å². The van der Waals surface area contributed by atoms with Gasteiger partial charge in [0.25, 0.3) is 0 Å². The van der Waals surface area contributed by atoms with Crippen molar-refractivity contribution in [2.75, 3.05) is 25.0 Å². The molecule has 1 aliphatic rings. The van der Waals surface area contributed by atoms with Gasteiger partial charge in [0.05, 0.1) is 6.54 Å². The first-order valence-electron chi connectivity index (χ1n) is 8.41. The molecule has 3 nitrogen and oxygen atoms in total. The summed E-state index contributed by atoms with van der Waals surface area (Å²) in [5.74, 6) is 0.823. The molecule has 0 atom stereocenters. The Balaban J connectivity index is 1.41. The van der Waals surface area contributed by atoms with E-state index in [2.05, 4.69) is 40.5 Å². The number of hydrogen-bond acceptors (Lipinski definition) is 2. The summed E-state index contributed by atoms with van der Waals surface area (Å²) in [5, 5.41) is 2.96. The SMILES string of the molecule is O=C(CN1CCC(Cc2ccccc2)CC1)Nc1ccccc1. The Morgan fingerprint density at radius 3 is 2.22 bits per heavy atom. The zero-order chi connectivity index (χ0) is 15.9. The number of carbonyl (C=O) groups is 1. The number of carbonyl (C=O) groups excluding carboxylic acids is 1. The number of piperidine rings is 1. The van der Waals surface area contributed by atoms with Gasteiger partial charge in [-0.2, -0.15) is 0 Å². The molecular weight excluding hydrogens is 284 g/mol. The Labute approximate surface area is 138 Å². The first-order chi connectivity index (χ1) is 11.3. The predicted octanol–water partition coefficient (Wildman–Crippen LogP) is 3.58. The molecule has 2 aromatic rings. The third-order valence-electron chi connectivity index (χ3n) is 4.50. The van der Waals surface area contributed by atoms with Gasteiger partial charge in [-0.25, -0.2) is 0 Å². The number of amides is 1. The average Bonchev–Trinajstić information content (AvgIpc) is 2.58. The monoisotopic (exact) mass is 308 g/mol. The average molecular weight is 308 g/mol. The Kier molecular flexibility index (Phi) is 5.43. The van der Waals surface area contributed by atoms with Gasteiger partial charge >= 0.3 is 0 Å². The van der Waals surface area contributed by atoms with E-state index < -0.39 is 0 Å². The first kappa shape index (κ1) is 15.8. The molecule has 1 aliphatic heterocycles. The maximum atomic E-state index is 12.1. The van der Waals surface area contributed by atoms with Crippen LogP contribution in [-0.4, -0.2) is 30.4 Å². The third-order valence-corrected chi connectivity index (χ3v) is 4.50. The first-order valence-corrected chi connectivity index (χ1v) is 8.41. The van der Waals surface area contributed by atoms with Crippen LogP contribution in [0.15, 0.2) is 60.7 Å². The molecular formula is C20H24N2O. The quantitative estimate of drug-likeness (QED) is 0.915. The Bertz CT molecular complexity index is 604. The van der Waals surface area contributed by atoms with E-state index in [0.717, 1.165) is 31.1 Å². The van der Waals surface area contributed by atoms with E-state index in [-0.39, 0.29) is 5.91 Å². The third kappa shape index (κ3) is 4.93. The van der Waals surface area contributed by atoms with Crippen LogP contribution < -0.4 is 5.32 Å². The van der Waals surface area contributed by atoms with E-state index in [0.29, 0.717) is 6.54 Å². The van der Waals surface area contributed by atoms with Crippen LogP contribution in [0.4, 0.5) is 5.69 Å². The lowest BCUT2D eigenvalue weighted by atomic mass is 9.90. The van der Waals surface area contributed by atoms with Crippen LogP contribution in [0.3, 0.4) is 0 Å². The Morgan fingerprint density at radius 1 is 0.957 bits per heavy atom. The fraction of sp³-hybridized carbons (Fsp3) is 0.350. The van der Waals surface area contributed by atoms with Gasteiger partial charge in [-0.15, -0.1) is 0 Å². The van der Waals surface area contributed by atoms with Crippen molar-refractivity contribution in [2.24, 2.45) is 5.92 Å². The van der Waals surface area contributed by atoms with Crippen molar-refractivity contribution in [1.82, 2.24) is 4.90 Å². The standard InChI is InChI=1S/C20H24N2O/c23-20(21-19-9-5-2-6-10-19)16-22-13-11-18(12-14-22)15-17-7-3-1-4-8-17/h1-10,18H,11-16H2,(H,21,23). The number of benzene rings is 2. The summed E-state index contributed by atoms with van der Waals surface area (Å²) in [4.78, 5) is 14.4. The van der Waals surface area contributed by atoms with E-state index in [4.69, 9.17) is 0 Å². The minimum absolute atomic E-state index is 0.0812. The number of hydrogen-bond donors (Lipinski definition) is 1. The van der Waals surface area contributed by atoms with Crippen molar-refractivity contribution in [1.29, 1.82) is 0 Å². The van der Waals surface area contributed by atoms with Crippen LogP contribution >= 0.6 is 0 Å². The van der Waals surface area contributed by atoms with Crippen molar-refractivity contribution in [3.05, 3.63) is 66.2 Å². The van der Waals surface area contributed by atoms with E-state index in [9.17, 15) is 4.79 Å². The van der Waals surface area contributed by atoms with E-state index in [1.54, 1.807) is 0 Å². The van der Waals surface area contributed by atoms with Gasteiger partial charge in [0.2, 0.25) is 5.91 Å². The molecule has 1 saturated heterocycles. The molecule has 0 aromatic heterocycles. The highest BCUT2D eigenvalue weighted by molar-refractivity contribution is 5.92. The van der Waals surface area contributed by atoms with Gasteiger partial charge in [0.15, 0.2) is 0 Å². The molecule has 120 valence electrons. The fourth-order valence-electron chi connectivity index (χ4n) is 3.22. The van der Waals surface area contributed by atoms with Crippen molar-refractivity contribution in [3.8, 4) is 0 Å². The van der Waals surface area contributed by atoms with Crippen molar-refractivity contribution >= 4 is 11.6 Å². The number of para-hydroxylation sites is 1. The summed E-state index contributed by atoms with van der Waals surface area (Å²) in [6.45, 7) is 2.52. The summed E-state index contributed by atoms with van der Waals surface area (Å²) < 4.78 is 0. The lowest BCUT2D eigenvalue weighted by molar-refractivity contribution is -0.117. The highest BCUT2D eigenvalue weighted by atomic mass is 16.2. The zero-order valence-electron chi connectivity index (χ0n) is 13.4. The highest BCUT2D eigenvalue weighted by Crippen LogP contribution is 2.21. The van der Waals surface area contributed by atoms with Gasteiger partial charge < -0.3 is 5.32 Å². The Morgan fingerprint density at radius 2 is 1.57 bits per heavy atom. The van der Waals surface area contributed by atoms with Gasteiger partial charge in [-0.1, -0.05) is 48.5 Å². The van der Waals surface area contributed by atoms with E-state index in [1.165, 1.54) is 18.4 Å². The molecule has 1 amide bonds. The molecule has 1 fully saturated rings. The van der Waals surface area contributed by atoms with Crippen LogP contribution in [0, 0.1) is 5.92 Å². The number of nitrogens with zero attached hydrogens (tertiary/aromatic N) is 1. The van der Waals surface area contributed by atoms with Gasteiger partial charge in [-0.05, 0) is 56.0 Å². The summed E-state index contributed by atoms with van der Waals surface area (Å²) in [5.41, 5.74) is 2.30. The summed E-state index contributed by atoms with van der Waals surface area (Å²) >= 11 is 0. The van der Waals surface area contributed by atoms with Crippen LogP contribution in [0.2, 0.25) is 0 Å². The number of nitrogens with one attached hydrogen (secondary N) is 1. The molecule has 0 aliphatic carbocycles. The largest absolute Gasteiger partial charge is 0.325 e. The highest BCUT2D eigenvalue weighted by Gasteiger charge is 2.21. The molecule has 0 bridgehead atoms. The normalized spacial score (nSPS) is 16.2. The molecule has 3 rings (SSSR count). The second kappa shape index (κ2) is 7.93. The molecule has 0 unspecified atom stereocenters. The van der Waals surface area contributed by atoms with Crippen molar-refractivity contribution in [3.63, 3.8) is 0 Å². The van der Waals surface area contributed by atoms with Crippen LogP contribution in [0.1, 0.15) is 18.4 Å². The number of anilines is 1. The van der Waals surface area contributed by atoms with Crippen molar-refractivity contribution < 1.29 is 4.79 Å². The van der Waals surface area contributed by atoms with Gasteiger partial charge in [-0.3, -0.25) is 9.69 Å². The lowest BCUT2D eigenvalue weighted by Gasteiger charge is -2.31. The lowest BCUT2D eigenvalue weighted by Crippen LogP contribution is -2.39. The number of likely N-dealkylation sites (tertiary alicyclic amines) is 1. The molecule has 1 N–H and O–H groups in total. The molecule has 0 saturated carbocycles. The minimum Gasteiger partial charge on any atom is -0.325 e.